The van der Waals surface area contributed by atoms with E-state index in [1.54, 1.807) is 0 Å². The highest BCUT2D eigenvalue weighted by Crippen LogP contribution is 2.38. The van der Waals surface area contributed by atoms with E-state index in [0.29, 0.717) is 12.3 Å². The summed E-state index contributed by atoms with van der Waals surface area (Å²) in [5, 5.41) is 15.1. The van der Waals surface area contributed by atoms with Crippen molar-refractivity contribution in [3.8, 4) is 16.9 Å². The van der Waals surface area contributed by atoms with Gasteiger partial charge in [-0.05, 0) is 68.0 Å². The van der Waals surface area contributed by atoms with Crippen LogP contribution in [0.4, 0.5) is 0 Å². The van der Waals surface area contributed by atoms with Crippen LogP contribution >= 0.6 is 11.6 Å². The maximum atomic E-state index is 10.9. The summed E-state index contributed by atoms with van der Waals surface area (Å²) >= 11 is 6.17. The summed E-state index contributed by atoms with van der Waals surface area (Å²) < 4.78 is 0. The topological polar surface area (TPSA) is 32.3 Å². The largest absolute Gasteiger partial charge is 0.507 e. The third kappa shape index (κ3) is 4.99. The number of aromatic hydroxyl groups is 1. The van der Waals surface area contributed by atoms with Gasteiger partial charge in [0.2, 0.25) is 0 Å². The Morgan fingerprint density at radius 2 is 1.64 bits per heavy atom. The Labute approximate surface area is 157 Å². The molecule has 0 aromatic heterocycles. The fraction of sp³-hybridized carbons (Fsp3) is 0.455. The average Bonchev–Trinajstić information content (AvgIpc) is 2.47. The van der Waals surface area contributed by atoms with E-state index in [1.807, 2.05) is 25.1 Å². The molecule has 0 aliphatic heterocycles. The van der Waals surface area contributed by atoms with Crippen LogP contribution in [0.1, 0.15) is 58.2 Å². The normalized spacial score (nSPS) is 12.5. The minimum absolute atomic E-state index is 0.000399. The fourth-order valence-corrected chi connectivity index (χ4v) is 2.77. The molecule has 0 saturated carbocycles. The highest BCUT2D eigenvalue weighted by Gasteiger charge is 2.20. The first-order valence-electron chi connectivity index (χ1n) is 8.76. The molecule has 2 N–H and O–H groups in total. The summed E-state index contributed by atoms with van der Waals surface area (Å²) in [5.74, 6) is 0.339. The Bertz CT molecular complexity index is 767. The van der Waals surface area contributed by atoms with Crippen LogP contribution in [-0.2, 0) is 12.0 Å². The van der Waals surface area contributed by atoms with Gasteiger partial charge in [0.05, 0.1) is 0 Å². The molecule has 3 heteroatoms. The number of aryl methyl sites for hydroxylation is 1. The third-order valence-corrected chi connectivity index (χ3v) is 4.76. The van der Waals surface area contributed by atoms with Crippen LogP contribution in [0.25, 0.3) is 11.1 Å². The van der Waals surface area contributed by atoms with Crippen LogP contribution in [0.15, 0.2) is 30.3 Å². The predicted octanol–water partition coefficient (Wildman–Crippen LogP) is 6.21. The second-order valence-electron chi connectivity index (χ2n) is 8.85. The van der Waals surface area contributed by atoms with Crippen LogP contribution < -0.4 is 5.32 Å². The van der Waals surface area contributed by atoms with Gasteiger partial charge in [0.25, 0.3) is 0 Å². The molecule has 2 rings (SSSR count). The summed E-state index contributed by atoms with van der Waals surface area (Å²) in [6.45, 7) is 15.6. The van der Waals surface area contributed by atoms with Crippen molar-refractivity contribution in [3.05, 3.63) is 52.0 Å². The van der Waals surface area contributed by atoms with Gasteiger partial charge in [-0.25, -0.2) is 0 Å². The van der Waals surface area contributed by atoms with E-state index in [1.165, 1.54) is 5.56 Å². The van der Waals surface area contributed by atoms with Gasteiger partial charge in [-0.3, -0.25) is 0 Å². The van der Waals surface area contributed by atoms with Crippen LogP contribution in [0.5, 0.6) is 5.75 Å². The summed E-state index contributed by atoms with van der Waals surface area (Å²) in [6, 6.07) is 10.1. The lowest BCUT2D eigenvalue weighted by molar-refractivity contribution is 0.411. The first-order valence-corrected chi connectivity index (χ1v) is 9.14. The standard InChI is InChI=1S/C22H30ClNO/c1-14-10-15(8-9-19(14)23)18-12-17(21(2,3)4)11-16(20(18)25)13-24-22(5,6)7/h8-12,24-25H,13H2,1-7H3. The second kappa shape index (κ2) is 7.01. The van der Waals surface area contributed by atoms with Gasteiger partial charge in [0.15, 0.2) is 0 Å². The number of hydrogen-bond donors (Lipinski definition) is 2. The molecule has 0 fully saturated rings. The Morgan fingerprint density at radius 1 is 1.00 bits per heavy atom. The quantitative estimate of drug-likeness (QED) is 0.683. The van der Waals surface area contributed by atoms with Crippen LogP contribution in [0.2, 0.25) is 5.02 Å². The van der Waals surface area contributed by atoms with E-state index in [-0.39, 0.29) is 11.0 Å². The van der Waals surface area contributed by atoms with E-state index in [4.69, 9.17) is 11.6 Å². The van der Waals surface area contributed by atoms with Crippen LogP contribution in [-0.4, -0.2) is 10.6 Å². The van der Waals surface area contributed by atoms with Gasteiger partial charge in [0.1, 0.15) is 5.75 Å². The van der Waals surface area contributed by atoms with E-state index in [2.05, 4.69) is 59.0 Å². The van der Waals surface area contributed by atoms with Crippen LogP contribution in [0, 0.1) is 6.92 Å². The molecule has 136 valence electrons. The molecule has 0 radical (unpaired) electrons. The Balaban J connectivity index is 2.59. The lowest BCUT2D eigenvalue weighted by Gasteiger charge is -2.25. The Kier molecular flexibility index (Phi) is 5.56. The molecule has 0 bridgehead atoms. The third-order valence-electron chi connectivity index (χ3n) is 4.33. The molecule has 0 heterocycles. The van der Waals surface area contributed by atoms with E-state index >= 15 is 0 Å². The van der Waals surface area contributed by atoms with Gasteiger partial charge in [-0.15, -0.1) is 0 Å². The lowest BCUT2D eigenvalue weighted by Crippen LogP contribution is -2.35. The van der Waals surface area contributed by atoms with Crippen molar-refractivity contribution in [3.63, 3.8) is 0 Å². The minimum Gasteiger partial charge on any atom is -0.507 e. The van der Waals surface area contributed by atoms with E-state index in [9.17, 15) is 5.11 Å². The van der Waals surface area contributed by atoms with Gasteiger partial charge in [0, 0.05) is 28.2 Å². The summed E-state index contributed by atoms with van der Waals surface area (Å²) in [7, 11) is 0. The molecule has 0 spiro atoms. The monoisotopic (exact) mass is 359 g/mol. The Morgan fingerprint density at radius 3 is 2.16 bits per heavy atom. The van der Waals surface area contributed by atoms with Crippen molar-refractivity contribution in [1.29, 1.82) is 0 Å². The van der Waals surface area contributed by atoms with Gasteiger partial charge in [-0.2, -0.15) is 0 Å². The average molecular weight is 360 g/mol. The lowest BCUT2D eigenvalue weighted by atomic mass is 9.83. The minimum atomic E-state index is -0.0127. The van der Waals surface area contributed by atoms with Crippen molar-refractivity contribution < 1.29 is 5.11 Å². The number of rotatable bonds is 3. The number of phenols is 1. The molecule has 2 nitrogen and oxygen atoms in total. The summed E-state index contributed by atoms with van der Waals surface area (Å²) in [4.78, 5) is 0. The Hall–Kier alpha value is -1.51. The highest BCUT2D eigenvalue weighted by atomic mass is 35.5. The zero-order valence-electron chi connectivity index (χ0n) is 16.4. The van der Waals surface area contributed by atoms with Crippen molar-refractivity contribution in [2.45, 2.75) is 66.0 Å². The first-order chi connectivity index (χ1) is 11.4. The van der Waals surface area contributed by atoms with Gasteiger partial charge < -0.3 is 10.4 Å². The summed E-state index contributed by atoms with van der Waals surface area (Å²) in [6.07, 6.45) is 0. The summed E-state index contributed by atoms with van der Waals surface area (Å²) in [5.41, 5.74) is 4.97. The number of hydrogen-bond acceptors (Lipinski definition) is 2. The van der Waals surface area contributed by atoms with Gasteiger partial charge >= 0.3 is 0 Å². The molecule has 2 aromatic rings. The zero-order valence-corrected chi connectivity index (χ0v) is 17.2. The molecule has 0 aliphatic rings. The number of halogens is 1. The number of phenolic OH excluding ortho intramolecular Hbond substituents is 1. The van der Waals surface area contributed by atoms with Crippen LogP contribution in [0.3, 0.4) is 0 Å². The van der Waals surface area contributed by atoms with Crippen molar-refractivity contribution in [2.75, 3.05) is 0 Å². The SMILES string of the molecule is Cc1cc(-c2cc(C(C)(C)C)cc(CNC(C)(C)C)c2O)ccc1Cl. The molecule has 2 aromatic carbocycles. The van der Waals surface area contributed by atoms with Gasteiger partial charge in [-0.1, -0.05) is 44.5 Å². The van der Waals surface area contributed by atoms with Crippen molar-refractivity contribution in [2.24, 2.45) is 0 Å². The number of nitrogens with one attached hydrogen (secondary N) is 1. The molecule has 0 saturated heterocycles. The van der Waals surface area contributed by atoms with E-state index in [0.717, 1.165) is 27.3 Å². The van der Waals surface area contributed by atoms with E-state index < -0.39 is 0 Å². The van der Waals surface area contributed by atoms with Crippen molar-refractivity contribution in [1.82, 2.24) is 5.32 Å². The molecule has 0 atom stereocenters. The second-order valence-corrected chi connectivity index (χ2v) is 9.26. The zero-order chi connectivity index (χ0) is 19.0. The first kappa shape index (κ1) is 19.8. The molecule has 0 unspecified atom stereocenters. The fourth-order valence-electron chi connectivity index (χ4n) is 2.66. The molecular weight excluding hydrogens is 330 g/mol. The predicted molar refractivity (Wildman–Crippen MR) is 109 cm³/mol. The smallest absolute Gasteiger partial charge is 0.127 e. The highest BCUT2D eigenvalue weighted by molar-refractivity contribution is 6.31. The molecule has 0 amide bonds. The maximum Gasteiger partial charge on any atom is 0.127 e. The maximum absolute atomic E-state index is 10.9. The molecule has 0 aliphatic carbocycles. The molecule has 25 heavy (non-hydrogen) atoms. The molecular formula is C22H30ClNO. The van der Waals surface area contributed by atoms with Crippen molar-refractivity contribution >= 4 is 11.6 Å². The number of benzene rings is 2.